The second-order valence-corrected chi connectivity index (χ2v) is 8.27. The third kappa shape index (κ3) is 3.35. The van der Waals surface area contributed by atoms with Crippen molar-refractivity contribution in [2.75, 3.05) is 31.1 Å². The van der Waals surface area contributed by atoms with E-state index in [0.717, 1.165) is 30.4 Å². The van der Waals surface area contributed by atoms with Crippen molar-refractivity contribution in [2.24, 2.45) is 0 Å². The molecule has 0 spiro atoms. The van der Waals surface area contributed by atoms with Crippen molar-refractivity contribution in [2.45, 2.75) is 44.7 Å². The van der Waals surface area contributed by atoms with Gasteiger partial charge < -0.3 is 9.88 Å². The van der Waals surface area contributed by atoms with Gasteiger partial charge in [0.2, 0.25) is 5.95 Å². The van der Waals surface area contributed by atoms with Crippen LogP contribution in [0.1, 0.15) is 44.5 Å². The number of nitrogens with zero attached hydrogens (tertiary/aromatic N) is 7. The van der Waals surface area contributed by atoms with Gasteiger partial charge in [0.1, 0.15) is 17.4 Å². The fraction of sp³-hybridized carbons (Fsp3) is 0.579. The number of halogens is 1. The second kappa shape index (κ2) is 7.33. The lowest BCUT2D eigenvalue weighted by molar-refractivity contribution is 0.215. The van der Waals surface area contributed by atoms with Crippen LogP contribution in [0.4, 0.5) is 5.95 Å². The molecule has 0 radical (unpaired) electrons. The molecule has 3 aromatic heterocycles. The Morgan fingerprint density at radius 1 is 1.14 bits per heavy atom. The fourth-order valence-corrected chi connectivity index (χ4v) is 4.50. The third-order valence-electron chi connectivity index (χ3n) is 5.94. The summed E-state index contributed by atoms with van der Waals surface area (Å²) in [5.41, 5.74) is 1.55. The largest absolute Gasteiger partial charge is 0.339 e. The van der Waals surface area contributed by atoms with Crippen LogP contribution >= 0.6 is 11.6 Å². The summed E-state index contributed by atoms with van der Waals surface area (Å²) in [5.74, 6) is 1.58. The molecule has 2 saturated heterocycles. The van der Waals surface area contributed by atoms with Crippen molar-refractivity contribution in [3.8, 4) is 0 Å². The van der Waals surface area contributed by atoms with Crippen molar-refractivity contribution >= 4 is 28.7 Å². The first kappa shape index (κ1) is 17.9. The van der Waals surface area contributed by atoms with Gasteiger partial charge in [0.25, 0.3) is 0 Å². The Morgan fingerprint density at radius 2 is 2.00 bits per heavy atom. The lowest BCUT2D eigenvalue weighted by Crippen LogP contribution is -2.47. The molecule has 5 rings (SSSR count). The molecule has 2 fully saturated rings. The molecule has 9 heteroatoms. The molecule has 3 aromatic rings. The summed E-state index contributed by atoms with van der Waals surface area (Å²) in [6, 6.07) is 0.564. The summed E-state index contributed by atoms with van der Waals surface area (Å²) in [7, 11) is 0. The zero-order valence-corrected chi connectivity index (χ0v) is 16.8. The van der Waals surface area contributed by atoms with Gasteiger partial charge in [0.15, 0.2) is 5.65 Å². The smallest absolute Gasteiger partial charge is 0.227 e. The fourth-order valence-electron chi connectivity index (χ4n) is 4.36. The van der Waals surface area contributed by atoms with Crippen LogP contribution in [0.3, 0.4) is 0 Å². The minimum atomic E-state index is -0.0558. The zero-order chi connectivity index (χ0) is 19.1. The number of hydrogen-bond donors (Lipinski definition) is 1. The first-order valence-electron chi connectivity index (χ1n) is 10.1. The molecule has 28 heavy (non-hydrogen) atoms. The van der Waals surface area contributed by atoms with E-state index in [4.69, 9.17) is 21.6 Å². The first-order chi connectivity index (χ1) is 13.7. The highest BCUT2D eigenvalue weighted by Crippen LogP contribution is 2.24. The number of imidazole rings is 1. The highest BCUT2D eigenvalue weighted by Gasteiger charge is 2.28. The molecule has 0 saturated carbocycles. The van der Waals surface area contributed by atoms with Crippen LogP contribution in [-0.4, -0.2) is 66.8 Å². The summed E-state index contributed by atoms with van der Waals surface area (Å²) >= 11 is 5.99. The monoisotopic (exact) mass is 400 g/mol. The average molecular weight is 401 g/mol. The number of likely N-dealkylation sites (tertiary alicyclic amines) is 1. The highest BCUT2D eigenvalue weighted by molar-refractivity contribution is 6.30. The minimum absolute atomic E-state index is 0.0558. The van der Waals surface area contributed by atoms with E-state index in [1.165, 1.54) is 38.8 Å². The van der Waals surface area contributed by atoms with Crippen LogP contribution in [0.15, 0.2) is 18.6 Å². The molecule has 8 nitrogen and oxygen atoms in total. The number of aromatic amines is 1. The zero-order valence-electron chi connectivity index (χ0n) is 16.1. The first-order valence-corrected chi connectivity index (χ1v) is 10.5. The van der Waals surface area contributed by atoms with Crippen molar-refractivity contribution < 1.29 is 0 Å². The maximum absolute atomic E-state index is 5.99. The SMILES string of the molecule is C[C@H](c1nc2nc(N3CCCC(N4CCCC4)C3)ncc2[nH]1)n1cc(Cl)cn1. The van der Waals surface area contributed by atoms with Crippen LogP contribution in [0.2, 0.25) is 5.02 Å². The van der Waals surface area contributed by atoms with Crippen LogP contribution in [-0.2, 0) is 0 Å². The Labute approximate surface area is 168 Å². The maximum Gasteiger partial charge on any atom is 0.227 e. The molecule has 1 N–H and O–H groups in total. The summed E-state index contributed by atoms with van der Waals surface area (Å²) in [6.07, 6.45) is 10.4. The van der Waals surface area contributed by atoms with Gasteiger partial charge in [0, 0.05) is 25.3 Å². The van der Waals surface area contributed by atoms with Gasteiger partial charge in [-0.15, -0.1) is 0 Å². The summed E-state index contributed by atoms with van der Waals surface area (Å²) in [6.45, 7) is 6.51. The van der Waals surface area contributed by atoms with Crippen LogP contribution in [0.5, 0.6) is 0 Å². The van der Waals surface area contributed by atoms with E-state index >= 15 is 0 Å². The summed E-state index contributed by atoms with van der Waals surface area (Å²) in [5, 5.41) is 4.89. The van der Waals surface area contributed by atoms with Crippen molar-refractivity contribution in [3.05, 3.63) is 29.4 Å². The molecule has 2 aliphatic rings. The lowest BCUT2D eigenvalue weighted by atomic mass is 10.0. The van der Waals surface area contributed by atoms with Crippen LogP contribution in [0.25, 0.3) is 11.2 Å². The minimum Gasteiger partial charge on any atom is -0.339 e. The molecule has 148 valence electrons. The average Bonchev–Trinajstić information content (AvgIpc) is 3.47. The Hall–Kier alpha value is -2.19. The van der Waals surface area contributed by atoms with Gasteiger partial charge >= 0.3 is 0 Å². The van der Waals surface area contributed by atoms with Gasteiger partial charge in [-0.1, -0.05) is 11.6 Å². The molecular formula is C19H25ClN8. The maximum atomic E-state index is 5.99. The van der Waals surface area contributed by atoms with E-state index in [1.807, 2.05) is 13.1 Å². The number of hydrogen-bond acceptors (Lipinski definition) is 6. The van der Waals surface area contributed by atoms with Gasteiger partial charge in [-0.05, 0) is 45.7 Å². The van der Waals surface area contributed by atoms with Crippen LogP contribution < -0.4 is 4.90 Å². The quantitative estimate of drug-likeness (QED) is 0.725. The lowest BCUT2D eigenvalue weighted by Gasteiger charge is -2.37. The van der Waals surface area contributed by atoms with E-state index in [-0.39, 0.29) is 6.04 Å². The summed E-state index contributed by atoms with van der Waals surface area (Å²) in [4.78, 5) is 22.4. The Morgan fingerprint density at radius 3 is 2.79 bits per heavy atom. The predicted octanol–water partition coefficient (Wildman–Crippen LogP) is 2.88. The van der Waals surface area contributed by atoms with E-state index in [1.54, 1.807) is 17.1 Å². The Balaban J connectivity index is 1.37. The van der Waals surface area contributed by atoms with Gasteiger partial charge in [-0.3, -0.25) is 9.58 Å². The molecule has 2 aliphatic heterocycles. The van der Waals surface area contributed by atoms with Gasteiger partial charge in [0.05, 0.1) is 17.4 Å². The number of rotatable bonds is 4. The number of fused-ring (bicyclic) bond motifs is 1. The van der Waals surface area contributed by atoms with E-state index in [2.05, 4.69) is 24.9 Å². The molecule has 2 atom stereocenters. The summed E-state index contributed by atoms with van der Waals surface area (Å²) < 4.78 is 1.79. The van der Waals surface area contributed by atoms with Crippen molar-refractivity contribution in [1.29, 1.82) is 0 Å². The van der Waals surface area contributed by atoms with E-state index in [9.17, 15) is 0 Å². The molecule has 1 unspecified atom stereocenters. The number of H-pyrrole nitrogens is 1. The molecular weight excluding hydrogens is 376 g/mol. The second-order valence-electron chi connectivity index (χ2n) is 7.83. The van der Waals surface area contributed by atoms with Crippen molar-refractivity contribution in [3.63, 3.8) is 0 Å². The third-order valence-corrected chi connectivity index (χ3v) is 6.14. The van der Waals surface area contributed by atoms with E-state index < -0.39 is 0 Å². The molecule has 0 aromatic carbocycles. The van der Waals surface area contributed by atoms with Crippen LogP contribution in [0, 0.1) is 0 Å². The highest BCUT2D eigenvalue weighted by atomic mass is 35.5. The predicted molar refractivity (Wildman–Crippen MR) is 109 cm³/mol. The van der Waals surface area contributed by atoms with Gasteiger partial charge in [-0.2, -0.15) is 10.1 Å². The van der Waals surface area contributed by atoms with E-state index in [0.29, 0.717) is 16.7 Å². The molecule has 5 heterocycles. The molecule has 0 amide bonds. The standard InChI is InChI=1S/C19H25ClN8/c1-13(28-11-14(20)9-22-28)17-23-16-10-21-19(25-18(16)24-17)27-8-4-5-15(12-27)26-6-2-3-7-26/h9-11,13,15H,2-8,12H2,1H3,(H,21,23,24,25)/t13-,15?/m1/s1. The number of aromatic nitrogens is 6. The topological polar surface area (TPSA) is 78.8 Å². The number of anilines is 1. The van der Waals surface area contributed by atoms with Gasteiger partial charge in [-0.25, -0.2) is 9.97 Å². The Bertz CT molecular complexity index is 960. The van der Waals surface area contributed by atoms with Crippen molar-refractivity contribution in [1.82, 2.24) is 34.6 Å². The number of piperidine rings is 1. The number of nitrogens with one attached hydrogen (secondary N) is 1. The Kier molecular flexibility index (Phi) is 4.68. The normalized spacial score (nSPS) is 22.2. The molecule has 0 aliphatic carbocycles. The molecule has 0 bridgehead atoms.